The molecule has 0 aromatic heterocycles. The predicted octanol–water partition coefficient (Wildman–Crippen LogP) is 4.26. The van der Waals surface area contributed by atoms with Crippen molar-refractivity contribution in [3.8, 4) is 0 Å². The summed E-state index contributed by atoms with van der Waals surface area (Å²) >= 11 is 0. The van der Waals surface area contributed by atoms with Gasteiger partial charge in [0.25, 0.3) is 0 Å². The number of nitrogens with one attached hydrogen (secondary N) is 2. The highest BCUT2D eigenvalue weighted by molar-refractivity contribution is 5.87. The molecule has 0 bridgehead atoms. The van der Waals surface area contributed by atoms with Gasteiger partial charge in [-0.15, -0.1) is 0 Å². The maximum Gasteiger partial charge on any atom is 0.242 e. The molecule has 2 amide bonds. The largest absolute Gasteiger partial charge is 0.354 e. The van der Waals surface area contributed by atoms with Crippen molar-refractivity contribution in [2.24, 2.45) is 5.92 Å². The van der Waals surface area contributed by atoms with E-state index in [0.717, 1.165) is 30.2 Å². The van der Waals surface area contributed by atoms with Gasteiger partial charge in [0, 0.05) is 13.0 Å². The van der Waals surface area contributed by atoms with E-state index in [9.17, 15) is 9.59 Å². The Kier molecular flexibility index (Phi) is 15.2. The fourth-order valence-electron chi connectivity index (χ4n) is 3.23. The van der Waals surface area contributed by atoms with Gasteiger partial charge in [0.2, 0.25) is 11.8 Å². The Labute approximate surface area is 174 Å². The normalized spacial score (nSPS) is 12.8. The second-order valence-electron chi connectivity index (χ2n) is 9.53. The third kappa shape index (κ3) is 15.9. The number of hydrogen-bond acceptors (Lipinski definition) is 2. The first-order chi connectivity index (χ1) is 13.2. The summed E-state index contributed by atoms with van der Waals surface area (Å²) in [6.45, 7) is 8.06. The molecular weight excluding hydrogens is 350 g/mol. The summed E-state index contributed by atoms with van der Waals surface area (Å²) in [5, 5.41) is 5.95. The van der Waals surface area contributed by atoms with E-state index in [4.69, 9.17) is 0 Å². The highest BCUT2D eigenvalue weighted by Gasteiger charge is 2.23. The first-order valence-electron chi connectivity index (χ1n) is 11.5. The number of amides is 2. The van der Waals surface area contributed by atoms with E-state index in [1.807, 2.05) is 13.8 Å². The molecule has 0 fully saturated rings. The Morgan fingerprint density at radius 1 is 0.821 bits per heavy atom. The van der Waals surface area contributed by atoms with E-state index < -0.39 is 6.04 Å². The molecule has 0 aromatic rings. The zero-order valence-electron chi connectivity index (χ0n) is 19.6. The quantitative estimate of drug-likeness (QED) is 0.284. The van der Waals surface area contributed by atoms with Gasteiger partial charge in [-0.2, -0.15) is 0 Å². The third-order valence-corrected chi connectivity index (χ3v) is 5.08. The second-order valence-corrected chi connectivity index (χ2v) is 9.53. The number of hydrogen-bond donors (Lipinski definition) is 2. The average Bonchev–Trinajstić information content (AvgIpc) is 2.60. The van der Waals surface area contributed by atoms with Crippen molar-refractivity contribution in [3.63, 3.8) is 0 Å². The minimum atomic E-state index is -0.425. The van der Waals surface area contributed by atoms with Crippen LogP contribution in [0.4, 0.5) is 0 Å². The Morgan fingerprint density at radius 3 is 2.00 bits per heavy atom. The highest BCUT2D eigenvalue weighted by Crippen LogP contribution is 2.08. The molecule has 0 rings (SSSR count). The van der Waals surface area contributed by atoms with E-state index in [2.05, 4.69) is 38.7 Å². The molecule has 0 aromatic carbocycles. The van der Waals surface area contributed by atoms with Gasteiger partial charge in [-0.05, 0) is 31.6 Å². The van der Waals surface area contributed by atoms with Gasteiger partial charge < -0.3 is 15.1 Å². The number of nitrogens with zero attached hydrogens (tertiary/aromatic N) is 1. The third-order valence-electron chi connectivity index (χ3n) is 5.08. The van der Waals surface area contributed by atoms with Crippen LogP contribution >= 0.6 is 0 Å². The minimum Gasteiger partial charge on any atom is -0.354 e. The summed E-state index contributed by atoms with van der Waals surface area (Å²) in [5.74, 6) is 0.0559. The van der Waals surface area contributed by atoms with E-state index in [-0.39, 0.29) is 17.7 Å². The molecule has 166 valence electrons. The zero-order chi connectivity index (χ0) is 21.4. The number of carbonyl (C=O) groups excluding carboxylic acids is 2. The van der Waals surface area contributed by atoms with Crippen LogP contribution in [0.15, 0.2) is 0 Å². The molecule has 0 spiro atoms. The maximum absolute atomic E-state index is 12.5. The first kappa shape index (κ1) is 26.9. The molecule has 0 aliphatic carbocycles. The molecule has 0 radical (unpaired) electrons. The number of carbonyl (C=O) groups is 2. The lowest BCUT2D eigenvalue weighted by Gasteiger charge is -2.23. The van der Waals surface area contributed by atoms with Crippen LogP contribution in [0.25, 0.3) is 0 Å². The Hall–Kier alpha value is -1.10. The van der Waals surface area contributed by atoms with Gasteiger partial charge in [-0.25, -0.2) is 0 Å². The molecule has 0 aliphatic rings. The molecule has 0 saturated carbocycles. The van der Waals surface area contributed by atoms with Crippen molar-refractivity contribution in [2.75, 3.05) is 34.2 Å². The van der Waals surface area contributed by atoms with Crippen LogP contribution in [-0.2, 0) is 9.59 Å². The smallest absolute Gasteiger partial charge is 0.242 e. The zero-order valence-corrected chi connectivity index (χ0v) is 19.6. The average molecular weight is 399 g/mol. The Bertz CT molecular complexity index is 417. The van der Waals surface area contributed by atoms with E-state index in [0.29, 0.717) is 13.0 Å². The first-order valence-corrected chi connectivity index (χ1v) is 11.5. The topological polar surface area (TPSA) is 58.2 Å². The van der Waals surface area contributed by atoms with Gasteiger partial charge in [-0.1, -0.05) is 59.3 Å². The molecular formula is C23H48N3O2+. The van der Waals surface area contributed by atoms with Gasteiger partial charge in [0.15, 0.2) is 0 Å². The van der Waals surface area contributed by atoms with E-state index in [1.54, 1.807) is 0 Å². The predicted molar refractivity (Wildman–Crippen MR) is 119 cm³/mol. The van der Waals surface area contributed by atoms with Crippen molar-refractivity contribution >= 4 is 11.8 Å². The van der Waals surface area contributed by atoms with Crippen LogP contribution in [0, 0.1) is 5.92 Å². The number of rotatable bonds is 17. The van der Waals surface area contributed by atoms with Crippen molar-refractivity contribution in [1.29, 1.82) is 0 Å². The van der Waals surface area contributed by atoms with Crippen LogP contribution in [0.2, 0.25) is 0 Å². The van der Waals surface area contributed by atoms with Crippen LogP contribution in [0.5, 0.6) is 0 Å². The minimum absolute atomic E-state index is 0.00430. The van der Waals surface area contributed by atoms with Crippen LogP contribution < -0.4 is 10.6 Å². The highest BCUT2D eigenvalue weighted by atomic mass is 16.2. The van der Waals surface area contributed by atoms with Gasteiger partial charge in [0.05, 0.1) is 27.7 Å². The molecule has 5 nitrogen and oxygen atoms in total. The fraction of sp³-hybridized carbons (Fsp3) is 0.913. The standard InChI is InChI=1S/C23H47N3O2/c1-7-8-9-10-11-14-17-21(27)25-22(20(2)3)23(28)24-18-15-12-13-16-19-26(4,5)6/h20,22H,7-19H2,1-6H3,(H-,24,25,27,28)/p+1/t22-/m0/s1. The molecule has 2 N–H and O–H groups in total. The summed E-state index contributed by atoms with van der Waals surface area (Å²) in [5.41, 5.74) is 0. The van der Waals surface area contributed by atoms with E-state index >= 15 is 0 Å². The van der Waals surface area contributed by atoms with E-state index in [1.165, 1.54) is 45.1 Å². The Morgan fingerprint density at radius 2 is 1.39 bits per heavy atom. The molecule has 28 heavy (non-hydrogen) atoms. The van der Waals surface area contributed by atoms with Gasteiger partial charge in [0.1, 0.15) is 6.04 Å². The summed E-state index contributed by atoms with van der Waals surface area (Å²) in [4.78, 5) is 24.6. The Balaban J connectivity index is 3.97. The van der Waals surface area contributed by atoms with Crippen molar-refractivity contribution in [2.45, 2.75) is 97.4 Å². The second kappa shape index (κ2) is 15.8. The molecule has 1 atom stereocenters. The molecule has 0 saturated heterocycles. The fourth-order valence-corrected chi connectivity index (χ4v) is 3.23. The van der Waals surface area contributed by atoms with Crippen LogP contribution in [-0.4, -0.2) is 56.6 Å². The SMILES string of the molecule is CCCCCCCCC(=O)N[C@H](C(=O)NCCCCCC[N+](C)(C)C)C(C)C. The lowest BCUT2D eigenvalue weighted by Crippen LogP contribution is -2.49. The van der Waals surface area contributed by atoms with Gasteiger partial charge in [-0.3, -0.25) is 9.59 Å². The van der Waals surface area contributed by atoms with Crippen molar-refractivity contribution < 1.29 is 14.1 Å². The summed E-state index contributed by atoms with van der Waals surface area (Å²) < 4.78 is 1.01. The van der Waals surface area contributed by atoms with Crippen LogP contribution in [0.1, 0.15) is 91.4 Å². The summed E-state index contributed by atoms with van der Waals surface area (Å²) in [6.07, 6.45) is 12.1. The lowest BCUT2D eigenvalue weighted by molar-refractivity contribution is -0.870. The van der Waals surface area contributed by atoms with Crippen molar-refractivity contribution in [3.05, 3.63) is 0 Å². The monoisotopic (exact) mass is 398 g/mol. The summed E-state index contributed by atoms with van der Waals surface area (Å²) in [6, 6.07) is -0.425. The maximum atomic E-state index is 12.5. The number of quaternary nitrogens is 1. The van der Waals surface area contributed by atoms with Crippen LogP contribution in [0.3, 0.4) is 0 Å². The molecule has 5 heteroatoms. The molecule has 0 heterocycles. The number of unbranched alkanes of at least 4 members (excludes halogenated alkanes) is 8. The van der Waals surface area contributed by atoms with Gasteiger partial charge >= 0.3 is 0 Å². The lowest BCUT2D eigenvalue weighted by atomic mass is 10.0. The molecule has 0 unspecified atom stereocenters. The van der Waals surface area contributed by atoms with Crippen molar-refractivity contribution in [1.82, 2.24) is 10.6 Å². The summed E-state index contributed by atoms with van der Waals surface area (Å²) in [7, 11) is 6.65. The molecule has 0 aliphatic heterocycles.